The highest BCUT2D eigenvalue weighted by atomic mass is 127. The number of aliphatic imine (C=N–C) groups is 1. The van der Waals surface area contributed by atoms with Gasteiger partial charge >= 0.3 is 0 Å². The first-order valence-corrected chi connectivity index (χ1v) is 9.00. The first-order chi connectivity index (χ1) is 12.6. The number of guanidine groups is 1. The minimum Gasteiger partial charge on any atom is -0.396 e. The number of piperazine rings is 1. The van der Waals surface area contributed by atoms with E-state index in [1.54, 1.807) is 22.8 Å². The fourth-order valence-electron chi connectivity index (χ4n) is 3.47. The van der Waals surface area contributed by atoms with Crippen LogP contribution in [0, 0.1) is 5.41 Å². The second-order valence-corrected chi connectivity index (χ2v) is 7.01. The van der Waals surface area contributed by atoms with Crippen molar-refractivity contribution in [3.63, 3.8) is 0 Å². The Balaban J connectivity index is 0.00000261. The van der Waals surface area contributed by atoms with Gasteiger partial charge in [-0.15, -0.1) is 24.0 Å². The van der Waals surface area contributed by atoms with E-state index in [1.165, 1.54) is 0 Å². The molecule has 27 heavy (non-hydrogen) atoms. The second kappa shape index (κ2) is 9.69. The summed E-state index contributed by atoms with van der Waals surface area (Å²) in [6.07, 6.45) is 5.19. The van der Waals surface area contributed by atoms with Crippen LogP contribution in [0.25, 0.3) is 0 Å². The number of hydrogen-bond acceptors (Lipinski definition) is 5. The lowest BCUT2D eigenvalue weighted by atomic mass is 9.81. The van der Waals surface area contributed by atoms with Gasteiger partial charge in [-0.25, -0.2) is 0 Å². The van der Waals surface area contributed by atoms with Gasteiger partial charge in [0.1, 0.15) is 6.54 Å². The number of ether oxygens (including phenoxy) is 1. The lowest BCUT2D eigenvalue weighted by Crippen LogP contribution is -2.56. The molecule has 2 saturated heterocycles. The molecule has 0 atom stereocenters. The fraction of sp³-hybridized carbons (Fsp3) is 0.706. The lowest BCUT2D eigenvalue weighted by molar-refractivity contribution is -0.120. The van der Waals surface area contributed by atoms with E-state index in [0.717, 1.165) is 18.5 Å². The monoisotopic (exact) mass is 492 g/mol. The highest BCUT2D eigenvalue weighted by molar-refractivity contribution is 14.0. The van der Waals surface area contributed by atoms with Crippen LogP contribution in [0.15, 0.2) is 17.4 Å². The van der Waals surface area contributed by atoms with E-state index < -0.39 is 0 Å². The molecule has 0 aliphatic carbocycles. The minimum absolute atomic E-state index is 0. The van der Waals surface area contributed by atoms with Crippen LogP contribution < -0.4 is 10.2 Å². The third kappa shape index (κ3) is 5.11. The number of hydrogen-bond donors (Lipinski definition) is 2. The van der Waals surface area contributed by atoms with Crippen LogP contribution in [-0.2, 0) is 16.6 Å². The van der Waals surface area contributed by atoms with E-state index >= 15 is 0 Å². The number of nitrogens with one attached hydrogen (secondary N) is 1. The fourth-order valence-corrected chi connectivity index (χ4v) is 3.47. The van der Waals surface area contributed by atoms with Gasteiger partial charge < -0.3 is 25.0 Å². The van der Waals surface area contributed by atoms with E-state index in [-0.39, 0.29) is 48.5 Å². The van der Waals surface area contributed by atoms with Crippen molar-refractivity contribution in [2.75, 3.05) is 57.9 Å². The van der Waals surface area contributed by atoms with Gasteiger partial charge in [-0.2, -0.15) is 5.10 Å². The van der Waals surface area contributed by atoms with Crippen molar-refractivity contribution in [2.45, 2.75) is 12.8 Å². The van der Waals surface area contributed by atoms with Gasteiger partial charge in [-0.05, 0) is 12.8 Å². The van der Waals surface area contributed by atoms with Crippen LogP contribution >= 0.6 is 24.0 Å². The second-order valence-electron chi connectivity index (χ2n) is 7.01. The van der Waals surface area contributed by atoms with Gasteiger partial charge in [0.2, 0.25) is 5.91 Å². The van der Waals surface area contributed by atoms with Gasteiger partial charge in [-0.3, -0.25) is 14.5 Å². The zero-order valence-corrected chi connectivity index (χ0v) is 18.3. The van der Waals surface area contributed by atoms with Crippen molar-refractivity contribution < 1.29 is 14.6 Å². The molecule has 9 nitrogen and oxygen atoms in total. The summed E-state index contributed by atoms with van der Waals surface area (Å²) >= 11 is 0. The van der Waals surface area contributed by atoms with Crippen LogP contribution in [0.5, 0.6) is 0 Å². The Morgan fingerprint density at radius 3 is 2.70 bits per heavy atom. The molecule has 0 bridgehead atoms. The molecule has 0 saturated carbocycles. The molecule has 2 N–H and O–H groups in total. The number of nitrogens with zero attached hydrogens (tertiary/aromatic N) is 5. The number of aliphatic hydroxyl groups excluding tert-OH is 1. The molecular weight excluding hydrogens is 463 g/mol. The topological polar surface area (TPSA) is 95.2 Å². The maximum Gasteiger partial charge on any atom is 0.246 e. The smallest absolute Gasteiger partial charge is 0.246 e. The quantitative estimate of drug-likeness (QED) is 0.351. The van der Waals surface area contributed by atoms with Crippen LogP contribution in [0.4, 0.5) is 5.69 Å². The van der Waals surface area contributed by atoms with Gasteiger partial charge in [0.15, 0.2) is 5.96 Å². The highest BCUT2D eigenvalue weighted by Crippen LogP contribution is 2.29. The van der Waals surface area contributed by atoms with Crippen LogP contribution in [0.3, 0.4) is 0 Å². The van der Waals surface area contributed by atoms with Crippen molar-refractivity contribution in [1.29, 1.82) is 0 Å². The van der Waals surface area contributed by atoms with Gasteiger partial charge in [0.25, 0.3) is 0 Å². The Morgan fingerprint density at radius 2 is 2.15 bits per heavy atom. The number of carbonyl (C=O) groups is 1. The summed E-state index contributed by atoms with van der Waals surface area (Å²) in [5.41, 5.74) is 0.636. The molecule has 2 aliphatic rings. The number of aryl methyl sites for hydroxylation is 1. The number of aromatic nitrogens is 2. The van der Waals surface area contributed by atoms with Gasteiger partial charge in [0.05, 0.1) is 18.5 Å². The van der Waals surface area contributed by atoms with Crippen LogP contribution in [0.1, 0.15) is 12.8 Å². The lowest BCUT2D eigenvalue weighted by Gasteiger charge is -2.39. The summed E-state index contributed by atoms with van der Waals surface area (Å²) in [6.45, 7) is 3.63. The van der Waals surface area contributed by atoms with E-state index in [2.05, 4.69) is 15.4 Å². The maximum absolute atomic E-state index is 12.6. The molecule has 2 fully saturated rings. The van der Waals surface area contributed by atoms with E-state index in [4.69, 9.17) is 4.74 Å². The van der Waals surface area contributed by atoms with Crippen molar-refractivity contribution >= 4 is 41.5 Å². The number of carbonyl (C=O) groups excluding carboxylic acids is 1. The van der Waals surface area contributed by atoms with Crippen molar-refractivity contribution in [2.24, 2.45) is 17.5 Å². The average molecular weight is 492 g/mol. The number of amides is 1. The summed E-state index contributed by atoms with van der Waals surface area (Å²) in [6, 6.07) is 0. The molecule has 10 heteroatoms. The predicted molar refractivity (Wildman–Crippen MR) is 113 cm³/mol. The average Bonchev–Trinajstić information content (AvgIpc) is 3.09. The Hall–Kier alpha value is -1.40. The first kappa shape index (κ1) is 21.9. The molecule has 0 aromatic carbocycles. The number of aliphatic hydroxyl groups is 1. The Bertz CT molecular complexity index is 659. The Morgan fingerprint density at radius 1 is 1.41 bits per heavy atom. The summed E-state index contributed by atoms with van der Waals surface area (Å²) in [5.74, 6) is 0.721. The molecule has 1 amide bonds. The minimum atomic E-state index is -0.185. The molecule has 152 valence electrons. The van der Waals surface area contributed by atoms with E-state index in [9.17, 15) is 9.90 Å². The molecule has 3 heterocycles. The third-order valence-corrected chi connectivity index (χ3v) is 5.25. The van der Waals surface area contributed by atoms with E-state index in [0.29, 0.717) is 38.8 Å². The molecular formula is C17H29IN6O3. The molecule has 0 spiro atoms. The van der Waals surface area contributed by atoms with Crippen LogP contribution in [-0.4, -0.2) is 84.7 Å². The van der Waals surface area contributed by atoms with Crippen molar-refractivity contribution in [3.8, 4) is 0 Å². The first-order valence-electron chi connectivity index (χ1n) is 9.00. The molecule has 0 unspecified atom stereocenters. The molecule has 3 rings (SSSR count). The van der Waals surface area contributed by atoms with E-state index in [1.807, 2.05) is 18.1 Å². The largest absolute Gasteiger partial charge is 0.396 e. The normalized spacial score (nSPS) is 20.4. The maximum atomic E-state index is 12.6. The number of halogens is 1. The highest BCUT2D eigenvalue weighted by Gasteiger charge is 2.33. The summed E-state index contributed by atoms with van der Waals surface area (Å²) in [7, 11) is 3.55. The predicted octanol–water partition coefficient (Wildman–Crippen LogP) is 0.0512. The summed E-state index contributed by atoms with van der Waals surface area (Å²) < 4.78 is 7.10. The molecule has 0 radical (unpaired) electrons. The third-order valence-electron chi connectivity index (χ3n) is 5.25. The number of anilines is 1. The van der Waals surface area contributed by atoms with Crippen LogP contribution in [0.2, 0.25) is 0 Å². The number of rotatable bonds is 4. The van der Waals surface area contributed by atoms with Gasteiger partial charge in [0, 0.05) is 58.6 Å². The molecule has 2 aliphatic heterocycles. The Labute approximate surface area is 176 Å². The molecule has 1 aromatic rings. The summed E-state index contributed by atoms with van der Waals surface area (Å²) in [5, 5.41) is 17.3. The molecule has 1 aromatic heterocycles. The standard InChI is InChI=1S/C17H28N6O3.HI/c1-18-16(19-12-17(13-24)3-7-26-8-4-17)22-5-6-23(15(25)11-22)14-9-20-21(2)10-14;/h9-10,24H,3-8,11-13H2,1-2H3,(H,18,19);1H. The SMILES string of the molecule is CN=C(NCC1(CO)CCOCC1)N1CCN(c2cnn(C)c2)C(=O)C1.I. The van der Waals surface area contributed by atoms with Crippen molar-refractivity contribution in [1.82, 2.24) is 20.0 Å². The summed E-state index contributed by atoms with van der Waals surface area (Å²) in [4.78, 5) is 20.6. The zero-order valence-electron chi connectivity index (χ0n) is 15.9. The van der Waals surface area contributed by atoms with Crippen molar-refractivity contribution in [3.05, 3.63) is 12.4 Å². The zero-order chi connectivity index (χ0) is 18.6. The van der Waals surface area contributed by atoms with Gasteiger partial charge in [-0.1, -0.05) is 0 Å². The Kier molecular flexibility index (Phi) is 7.86.